The number of ketones is 1. The van der Waals surface area contributed by atoms with Crippen molar-refractivity contribution in [3.05, 3.63) is 61.5 Å². The SMILES string of the molecule is CC(C)C(=O)c1cn2c(c(O)c1=O)C(=O)N(Cc1ccc(Cl)c(Cl)c1)CC2. The topological polar surface area (TPSA) is 79.6 Å². The number of hydrogen-bond donors (Lipinski definition) is 1. The predicted octanol–water partition coefficient (Wildman–Crippen LogP) is 3.36. The fourth-order valence-electron chi connectivity index (χ4n) is 3.03. The van der Waals surface area contributed by atoms with Crippen molar-refractivity contribution in [2.24, 2.45) is 5.92 Å². The van der Waals surface area contributed by atoms with Crippen LogP contribution in [0.1, 0.15) is 40.3 Å². The molecule has 8 heteroatoms. The zero-order valence-electron chi connectivity index (χ0n) is 14.8. The molecule has 6 nitrogen and oxygen atoms in total. The molecule has 0 aliphatic carbocycles. The molecule has 3 rings (SSSR count). The van der Waals surface area contributed by atoms with Crippen molar-refractivity contribution in [3.63, 3.8) is 0 Å². The maximum Gasteiger partial charge on any atom is 0.274 e. The van der Waals surface area contributed by atoms with Gasteiger partial charge in [0.25, 0.3) is 5.91 Å². The molecular weight excluding hydrogens is 391 g/mol. The van der Waals surface area contributed by atoms with E-state index in [-0.39, 0.29) is 29.5 Å². The molecule has 1 N–H and O–H groups in total. The van der Waals surface area contributed by atoms with Crippen LogP contribution in [0.4, 0.5) is 0 Å². The zero-order chi connectivity index (χ0) is 19.9. The van der Waals surface area contributed by atoms with Crippen molar-refractivity contribution in [2.45, 2.75) is 26.9 Å². The van der Waals surface area contributed by atoms with E-state index in [1.54, 1.807) is 32.0 Å². The Kier molecular flexibility index (Phi) is 5.31. The summed E-state index contributed by atoms with van der Waals surface area (Å²) >= 11 is 11.9. The van der Waals surface area contributed by atoms with Crippen molar-refractivity contribution >= 4 is 34.9 Å². The van der Waals surface area contributed by atoms with Crippen LogP contribution in [0.25, 0.3) is 0 Å². The molecule has 1 aliphatic rings. The normalized spacial score (nSPS) is 13.8. The van der Waals surface area contributed by atoms with E-state index >= 15 is 0 Å². The lowest BCUT2D eigenvalue weighted by Gasteiger charge is -2.30. The molecule has 1 aliphatic heterocycles. The number of amides is 1. The number of nitrogens with zero attached hydrogens (tertiary/aromatic N) is 2. The second-order valence-electron chi connectivity index (χ2n) is 6.76. The van der Waals surface area contributed by atoms with E-state index < -0.39 is 17.1 Å². The van der Waals surface area contributed by atoms with E-state index in [4.69, 9.17) is 23.2 Å². The number of hydrogen-bond acceptors (Lipinski definition) is 4. The van der Waals surface area contributed by atoms with Crippen molar-refractivity contribution in [3.8, 4) is 5.75 Å². The standard InChI is InChI=1S/C19H18Cl2N2O4/c1-10(2)16(24)12-9-22-5-6-23(19(27)15(22)18(26)17(12)25)8-11-3-4-13(20)14(21)7-11/h3-4,7,9-10,26H,5-6,8H2,1-2H3. The van der Waals surface area contributed by atoms with E-state index in [0.29, 0.717) is 23.1 Å². The monoisotopic (exact) mass is 408 g/mol. The molecule has 0 bridgehead atoms. The van der Waals surface area contributed by atoms with Gasteiger partial charge in [0.2, 0.25) is 5.43 Å². The number of aromatic hydroxyl groups is 1. The van der Waals surface area contributed by atoms with Crippen molar-refractivity contribution in [1.29, 1.82) is 0 Å². The Morgan fingerprint density at radius 2 is 1.89 bits per heavy atom. The Labute approximate surface area is 165 Å². The summed E-state index contributed by atoms with van der Waals surface area (Å²) in [6.45, 7) is 4.33. The third-order valence-corrected chi connectivity index (χ3v) is 5.24. The number of aromatic nitrogens is 1. The minimum Gasteiger partial charge on any atom is -0.503 e. The van der Waals surface area contributed by atoms with Gasteiger partial charge >= 0.3 is 0 Å². The van der Waals surface area contributed by atoms with Gasteiger partial charge in [-0.2, -0.15) is 0 Å². The second kappa shape index (κ2) is 7.37. The van der Waals surface area contributed by atoms with Gasteiger partial charge in [0.15, 0.2) is 17.2 Å². The summed E-state index contributed by atoms with van der Waals surface area (Å²) in [6, 6.07) is 5.07. The minimum absolute atomic E-state index is 0.100. The van der Waals surface area contributed by atoms with Gasteiger partial charge in [-0.3, -0.25) is 14.4 Å². The highest BCUT2D eigenvalue weighted by atomic mass is 35.5. The van der Waals surface area contributed by atoms with Crippen LogP contribution in [0.2, 0.25) is 10.0 Å². The molecule has 0 saturated carbocycles. The lowest BCUT2D eigenvalue weighted by atomic mass is 10.0. The number of fused-ring (bicyclic) bond motifs is 1. The van der Waals surface area contributed by atoms with E-state index in [0.717, 1.165) is 5.56 Å². The fourth-order valence-corrected chi connectivity index (χ4v) is 3.35. The summed E-state index contributed by atoms with van der Waals surface area (Å²) in [5, 5.41) is 11.1. The Bertz CT molecular complexity index is 998. The molecule has 27 heavy (non-hydrogen) atoms. The summed E-state index contributed by atoms with van der Waals surface area (Å²) in [6.07, 6.45) is 1.37. The molecule has 1 aromatic carbocycles. The predicted molar refractivity (Wildman–Crippen MR) is 103 cm³/mol. The van der Waals surface area contributed by atoms with Crippen LogP contribution in [0.15, 0.2) is 29.2 Å². The van der Waals surface area contributed by atoms with Gasteiger partial charge in [-0.05, 0) is 17.7 Å². The van der Waals surface area contributed by atoms with Crippen LogP contribution in [0.5, 0.6) is 5.75 Å². The lowest BCUT2D eigenvalue weighted by molar-refractivity contribution is 0.0681. The van der Waals surface area contributed by atoms with Gasteiger partial charge in [-0.25, -0.2) is 0 Å². The summed E-state index contributed by atoms with van der Waals surface area (Å²) in [5.41, 5.74) is -0.243. The Hall–Kier alpha value is -2.31. The maximum atomic E-state index is 12.8. The first kappa shape index (κ1) is 19.5. The van der Waals surface area contributed by atoms with Gasteiger partial charge in [0, 0.05) is 31.7 Å². The first-order valence-electron chi connectivity index (χ1n) is 8.44. The number of halogens is 2. The first-order chi connectivity index (χ1) is 12.7. The van der Waals surface area contributed by atoms with Gasteiger partial charge in [0.1, 0.15) is 0 Å². The Morgan fingerprint density at radius 1 is 1.19 bits per heavy atom. The molecule has 1 amide bonds. The summed E-state index contributed by atoms with van der Waals surface area (Å²) in [4.78, 5) is 38.9. The lowest BCUT2D eigenvalue weighted by Crippen LogP contribution is -2.41. The molecule has 142 valence electrons. The fraction of sp³-hybridized carbons (Fsp3) is 0.316. The number of benzene rings is 1. The molecular formula is C19H18Cl2N2O4. The van der Waals surface area contributed by atoms with Crippen LogP contribution >= 0.6 is 23.2 Å². The van der Waals surface area contributed by atoms with E-state index in [1.165, 1.54) is 15.7 Å². The van der Waals surface area contributed by atoms with Crippen LogP contribution in [0.3, 0.4) is 0 Å². The quantitative estimate of drug-likeness (QED) is 0.786. The van der Waals surface area contributed by atoms with E-state index in [2.05, 4.69) is 0 Å². The summed E-state index contributed by atoms with van der Waals surface area (Å²) in [5.74, 6) is -1.92. The van der Waals surface area contributed by atoms with Crippen molar-refractivity contribution in [2.75, 3.05) is 6.54 Å². The van der Waals surface area contributed by atoms with Crippen LogP contribution in [0, 0.1) is 5.92 Å². The smallest absolute Gasteiger partial charge is 0.274 e. The van der Waals surface area contributed by atoms with Crippen LogP contribution in [-0.4, -0.2) is 32.8 Å². The highest BCUT2D eigenvalue weighted by molar-refractivity contribution is 6.42. The average molecular weight is 409 g/mol. The van der Waals surface area contributed by atoms with Crippen LogP contribution < -0.4 is 5.43 Å². The highest BCUT2D eigenvalue weighted by Gasteiger charge is 2.31. The highest BCUT2D eigenvalue weighted by Crippen LogP contribution is 2.26. The number of carbonyl (C=O) groups is 2. The molecule has 0 fully saturated rings. The van der Waals surface area contributed by atoms with Crippen molar-refractivity contribution in [1.82, 2.24) is 9.47 Å². The molecule has 2 aromatic rings. The summed E-state index contributed by atoms with van der Waals surface area (Å²) in [7, 11) is 0. The molecule has 2 heterocycles. The number of Topliss-reactive ketones (excluding diaryl/α,β-unsaturated/α-hetero) is 1. The molecule has 1 aromatic heterocycles. The summed E-state index contributed by atoms with van der Waals surface area (Å²) < 4.78 is 1.47. The Balaban J connectivity index is 1.95. The minimum atomic E-state index is -0.815. The zero-order valence-corrected chi connectivity index (χ0v) is 16.3. The average Bonchev–Trinajstić information content (AvgIpc) is 2.62. The van der Waals surface area contributed by atoms with Crippen molar-refractivity contribution < 1.29 is 14.7 Å². The van der Waals surface area contributed by atoms with E-state index in [1.807, 2.05) is 0 Å². The van der Waals surface area contributed by atoms with Gasteiger partial charge < -0.3 is 14.6 Å². The Morgan fingerprint density at radius 3 is 2.52 bits per heavy atom. The molecule has 0 radical (unpaired) electrons. The number of pyridine rings is 1. The molecule has 0 unspecified atom stereocenters. The third kappa shape index (κ3) is 3.59. The molecule has 0 spiro atoms. The number of rotatable bonds is 4. The molecule has 0 saturated heterocycles. The van der Waals surface area contributed by atoms with Gasteiger partial charge in [0.05, 0.1) is 15.6 Å². The van der Waals surface area contributed by atoms with Gasteiger partial charge in [-0.15, -0.1) is 0 Å². The van der Waals surface area contributed by atoms with E-state index in [9.17, 15) is 19.5 Å². The third-order valence-electron chi connectivity index (χ3n) is 4.50. The van der Waals surface area contributed by atoms with Gasteiger partial charge in [-0.1, -0.05) is 43.1 Å². The largest absolute Gasteiger partial charge is 0.503 e. The second-order valence-corrected chi connectivity index (χ2v) is 7.57. The number of carbonyl (C=O) groups excluding carboxylic acids is 2. The van der Waals surface area contributed by atoms with Crippen LogP contribution in [-0.2, 0) is 13.1 Å². The molecule has 0 atom stereocenters. The maximum absolute atomic E-state index is 12.8. The first-order valence-corrected chi connectivity index (χ1v) is 9.20.